The quantitative estimate of drug-likeness (QED) is 0.617. The zero-order valence-corrected chi connectivity index (χ0v) is 7.46. The summed E-state index contributed by atoms with van der Waals surface area (Å²) in [5.41, 5.74) is 2.93. The predicted molar refractivity (Wildman–Crippen MR) is 53.1 cm³/mol. The summed E-state index contributed by atoms with van der Waals surface area (Å²) >= 11 is 0. The second-order valence-corrected chi connectivity index (χ2v) is 3.38. The molecule has 1 aliphatic carbocycles. The van der Waals surface area contributed by atoms with E-state index in [2.05, 4.69) is 43.3 Å². The third-order valence-electron chi connectivity index (χ3n) is 2.50. The van der Waals surface area contributed by atoms with Crippen molar-refractivity contribution in [2.75, 3.05) is 0 Å². The van der Waals surface area contributed by atoms with Gasteiger partial charge < -0.3 is 0 Å². The molecule has 0 nitrogen and oxygen atoms in total. The molecule has 0 fully saturated rings. The van der Waals surface area contributed by atoms with Crippen LogP contribution in [0.4, 0.5) is 0 Å². The van der Waals surface area contributed by atoms with E-state index in [-0.39, 0.29) is 0 Å². The molecule has 1 aromatic carbocycles. The first kappa shape index (κ1) is 7.60. The van der Waals surface area contributed by atoms with Crippen LogP contribution in [0.15, 0.2) is 30.3 Å². The summed E-state index contributed by atoms with van der Waals surface area (Å²) in [6.07, 6.45) is 7.13. The van der Waals surface area contributed by atoms with Gasteiger partial charge in [0.25, 0.3) is 0 Å². The average Bonchev–Trinajstić information content (AvgIpc) is 2.50. The highest BCUT2D eigenvalue weighted by atomic mass is 14.2. The average molecular weight is 158 g/mol. The lowest BCUT2D eigenvalue weighted by molar-refractivity contribution is 0.726. The maximum atomic E-state index is 2.33. The van der Waals surface area contributed by atoms with Crippen molar-refractivity contribution in [1.82, 2.24) is 0 Å². The van der Waals surface area contributed by atoms with Crippen LogP contribution < -0.4 is 0 Å². The minimum absolute atomic E-state index is 0.686. The van der Waals surface area contributed by atoms with Crippen LogP contribution in [0.2, 0.25) is 0 Å². The van der Waals surface area contributed by atoms with Crippen LogP contribution in [0, 0.1) is 0 Å². The molecule has 12 heavy (non-hydrogen) atoms. The lowest BCUT2D eigenvalue weighted by atomic mass is 9.97. The topological polar surface area (TPSA) is 0 Å². The summed E-state index contributed by atoms with van der Waals surface area (Å²) in [4.78, 5) is 0. The molecule has 0 saturated heterocycles. The number of benzene rings is 1. The van der Waals surface area contributed by atoms with Gasteiger partial charge in [-0.3, -0.25) is 0 Å². The van der Waals surface area contributed by atoms with Gasteiger partial charge in [0, 0.05) is 5.92 Å². The number of allylic oxidation sites excluding steroid dienone is 1. The van der Waals surface area contributed by atoms with Crippen molar-refractivity contribution in [2.24, 2.45) is 0 Å². The molecule has 1 aliphatic rings. The molecule has 0 amide bonds. The lowest BCUT2D eigenvalue weighted by Gasteiger charge is -2.08. The monoisotopic (exact) mass is 158 g/mol. The van der Waals surface area contributed by atoms with Crippen LogP contribution in [-0.2, 0) is 0 Å². The highest BCUT2D eigenvalue weighted by Crippen LogP contribution is 2.32. The molecule has 0 aromatic heterocycles. The van der Waals surface area contributed by atoms with Crippen molar-refractivity contribution in [3.05, 3.63) is 41.5 Å². The molecule has 0 aliphatic heterocycles. The normalized spacial score (nSPS) is 19.6. The van der Waals surface area contributed by atoms with Crippen LogP contribution in [0.3, 0.4) is 0 Å². The van der Waals surface area contributed by atoms with Crippen LogP contribution in [0.25, 0.3) is 6.08 Å². The lowest BCUT2D eigenvalue weighted by Crippen LogP contribution is -1.91. The number of hydrogen-bond acceptors (Lipinski definition) is 0. The summed E-state index contributed by atoms with van der Waals surface area (Å²) in [5.74, 6) is 0.686. The Morgan fingerprint density at radius 2 is 2.08 bits per heavy atom. The molecule has 0 spiro atoms. The van der Waals surface area contributed by atoms with Gasteiger partial charge in [-0.05, 0) is 17.5 Å². The van der Waals surface area contributed by atoms with Gasteiger partial charge in [0.2, 0.25) is 0 Å². The van der Waals surface area contributed by atoms with Gasteiger partial charge in [-0.25, -0.2) is 0 Å². The van der Waals surface area contributed by atoms with Crippen molar-refractivity contribution in [1.29, 1.82) is 0 Å². The maximum absolute atomic E-state index is 2.33. The minimum Gasteiger partial charge on any atom is -0.0764 e. The molecule has 2 rings (SSSR count). The fourth-order valence-corrected chi connectivity index (χ4v) is 1.89. The fraction of sp³-hybridized carbons (Fsp3) is 0.333. The van der Waals surface area contributed by atoms with Gasteiger partial charge in [-0.1, -0.05) is 49.8 Å². The Morgan fingerprint density at radius 3 is 2.92 bits per heavy atom. The van der Waals surface area contributed by atoms with Gasteiger partial charge in [0.1, 0.15) is 0 Å². The second kappa shape index (κ2) is 3.14. The van der Waals surface area contributed by atoms with Crippen molar-refractivity contribution in [3.63, 3.8) is 0 Å². The molecule has 0 N–H and O–H groups in total. The number of rotatable bonds is 2. The highest BCUT2D eigenvalue weighted by molar-refractivity contribution is 5.62. The molecule has 0 unspecified atom stereocenters. The third kappa shape index (κ3) is 1.18. The second-order valence-electron chi connectivity index (χ2n) is 3.38. The summed E-state index contributed by atoms with van der Waals surface area (Å²) in [6.45, 7) is 2.24. The smallest absolute Gasteiger partial charge is 0.00271 e. The molecule has 0 bridgehead atoms. The van der Waals surface area contributed by atoms with Crippen LogP contribution in [0.5, 0.6) is 0 Å². The largest absolute Gasteiger partial charge is 0.0764 e. The first-order valence-electron chi connectivity index (χ1n) is 4.69. The standard InChI is InChI=1S/C12H14/c1-2-5-10-8-9-11-6-3-4-7-12(10)11/h3-4,6-10H,2,5H2,1H3/t10-/m0/s1. The predicted octanol–water partition coefficient (Wildman–Crippen LogP) is 3.60. The van der Waals surface area contributed by atoms with E-state index in [9.17, 15) is 0 Å². The molecule has 0 saturated carbocycles. The van der Waals surface area contributed by atoms with Gasteiger partial charge in [-0.15, -0.1) is 0 Å². The Morgan fingerprint density at radius 1 is 1.25 bits per heavy atom. The third-order valence-corrected chi connectivity index (χ3v) is 2.50. The molecule has 1 aromatic rings. The summed E-state index contributed by atoms with van der Waals surface area (Å²) in [5, 5.41) is 0. The first-order valence-corrected chi connectivity index (χ1v) is 4.69. The molecule has 62 valence electrons. The number of hydrogen-bond donors (Lipinski definition) is 0. The van der Waals surface area contributed by atoms with Crippen LogP contribution in [-0.4, -0.2) is 0 Å². The molecular weight excluding hydrogens is 144 g/mol. The van der Waals surface area contributed by atoms with E-state index in [0.717, 1.165) is 0 Å². The van der Waals surface area contributed by atoms with E-state index in [0.29, 0.717) is 5.92 Å². The van der Waals surface area contributed by atoms with Crippen LogP contribution in [0.1, 0.15) is 36.8 Å². The Bertz CT molecular complexity index is 297. The van der Waals surface area contributed by atoms with Gasteiger partial charge in [0.15, 0.2) is 0 Å². The van der Waals surface area contributed by atoms with E-state index in [1.807, 2.05) is 0 Å². The van der Waals surface area contributed by atoms with Gasteiger partial charge >= 0.3 is 0 Å². The Labute approximate surface area is 73.9 Å². The Hall–Kier alpha value is -1.04. The molecule has 0 heteroatoms. The Kier molecular flexibility index (Phi) is 1.99. The maximum Gasteiger partial charge on any atom is 0.00271 e. The van der Waals surface area contributed by atoms with Crippen molar-refractivity contribution >= 4 is 6.08 Å². The van der Waals surface area contributed by atoms with Gasteiger partial charge in [0.05, 0.1) is 0 Å². The summed E-state index contributed by atoms with van der Waals surface area (Å²) < 4.78 is 0. The fourth-order valence-electron chi connectivity index (χ4n) is 1.89. The highest BCUT2D eigenvalue weighted by Gasteiger charge is 2.14. The zero-order chi connectivity index (χ0) is 8.39. The molecule has 1 atom stereocenters. The molecule has 0 heterocycles. The zero-order valence-electron chi connectivity index (χ0n) is 7.46. The molecular formula is C12H14. The van der Waals surface area contributed by atoms with Crippen molar-refractivity contribution in [2.45, 2.75) is 25.7 Å². The van der Waals surface area contributed by atoms with E-state index in [4.69, 9.17) is 0 Å². The van der Waals surface area contributed by atoms with E-state index in [1.165, 1.54) is 24.0 Å². The molecule has 0 radical (unpaired) electrons. The first-order chi connectivity index (χ1) is 5.92. The SMILES string of the molecule is CCC[C@H]1C=Cc2ccccc21. The number of fused-ring (bicyclic) bond motifs is 1. The van der Waals surface area contributed by atoms with E-state index in [1.54, 1.807) is 0 Å². The minimum atomic E-state index is 0.686. The Balaban J connectivity index is 2.30. The van der Waals surface area contributed by atoms with Crippen molar-refractivity contribution in [3.8, 4) is 0 Å². The van der Waals surface area contributed by atoms with Crippen LogP contribution >= 0.6 is 0 Å². The van der Waals surface area contributed by atoms with Crippen molar-refractivity contribution < 1.29 is 0 Å². The van der Waals surface area contributed by atoms with E-state index < -0.39 is 0 Å². The summed E-state index contributed by atoms with van der Waals surface area (Å²) in [6, 6.07) is 8.68. The summed E-state index contributed by atoms with van der Waals surface area (Å²) in [7, 11) is 0. The van der Waals surface area contributed by atoms with Gasteiger partial charge in [-0.2, -0.15) is 0 Å². The van der Waals surface area contributed by atoms with E-state index >= 15 is 0 Å².